The highest BCUT2D eigenvalue weighted by Crippen LogP contribution is 2.13. The molecule has 39 heavy (non-hydrogen) atoms. The van der Waals surface area contributed by atoms with Gasteiger partial charge in [-0.1, -0.05) is 155 Å². The molecule has 234 valence electrons. The molecule has 0 bridgehead atoms. The molecule has 5 nitrogen and oxygen atoms in total. The molecular weight excluding hydrogens is 510 g/mol. The van der Waals surface area contributed by atoms with Crippen LogP contribution in [0.25, 0.3) is 0 Å². The van der Waals surface area contributed by atoms with E-state index in [1.807, 2.05) is 0 Å². The fourth-order valence-corrected chi connectivity index (χ4v) is 4.82. The van der Waals surface area contributed by atoms with Gasteiger partial charge in [0.05, 0.1) is 13.2 Å². The Morgan fingerprint density at radius 3 is 1.18 bits per heavy atom. The molecule has 0 radical (unpaired) electrons. The predicted octanol–water partition coefficient (Wildman–Crippen LogP) is 10.0. The molecule has 0 aliphatic carbocycles. The molecule has 0 amide bonds. The van der Waals surface area contributed by atoms with E-state index in [0.717, 1.165) is 25.7 Å². The molecule has 0 heterocycles. The van der Waals surface area contributed by atoms with Crippen LogP contribution in [0.2, 0.25) is 0 Å². The number of carbonyl (C=O) groups is 2. The van der Waals surface area contributed by atoms with E-state index in [2.05, 4.69) is 13.8 Å². The van der Waals surface area contributed by atoms with Crippen molar-refractivity contribution in [1.29, 1.82) is 0 Å². The van der Waals surface area contributed by atoms with Gasteiger partial charge in [0, 0.05) is 6.42 Å². The zero-order valence-electron chi connectivity index (χ0n) is 26.0. The van der Waals surface area contributed by atoms with Gasteiger partial charge in [0.1, 0.15) is 6.04 Å². The van der Waals surface area contributed by atoms with Gasteiger partial charge in [-0.15, -0.1) is 12.4 Å². The van der Waals surface area contributed by atoms with Crippen molar-refractivity contribution in [2.24, 2.45) is 5.73 Å². The first-order valence-corrected chi connectivity index (χ1v) is 16.7. The molecule has 0 fully saturated rings. The lowest BCUT2D eigenvalue weighted by atomic mass is 10.1. The SMILES string of the molecule is CCCCCCCCCCCCCCOC(=O)CC[C@H](N)C(=O)OCCCCCCCCCCCCCC.Cl. The second-order valence-electron chi connectivity index (χ2n) is 11.3. The molecule has 0 aliphatic rings. The van der Waals surface area contributed by atoms with E-state index >= 15 is 0 Å². The van der Waals surface area contributed by atoms with Gasteiger partial charge in [-0.2, -0.15) is 0 Å². The van der Waals surface area contributed by atoms with Crippen molar-refractivity contribution in [3.63, 3.8) is 0 Å². The molecule has 0 saturated heterocycles. The largest absolute Gasteiger partial charge is 0.466 e. The molecule has 0 aliphatic heterocycles. The van der Waals surface area contributed by atoms with Gasteiger partial charge in [-0.05, 0) is 19.3 Å². The Hall–Kier alpha value is -0.810. The fraction of sp³-hybridized carbons (Fsp3) is 0.939. The molecule has 2 N–H and O–H groups in total. The second-order valence-corrected chi connectivity index (χ2v) is 11.3. The Labute approximate surface area is 248 Å². The molecule has 6 heteroatoms. The Morgan fingerprint density at radius 2 is 0.821 bits per heavy atom. The zero-order chi connectivity index (χ0) is 27.9. The summed E-state index contributed by atoms with van der Waals surface area (Å²) in [6, 6.07) is -0.744. The number of hydrogen-bond donors (Lipinski definition) is 1. The van der Waals surface area contributed by atoms with Crippen LogP contribution in [0.1, 0.15) is 181 Å². The number of esters is 2. The van der Waals surface area contributed by atoms with E-state index in [1.54, 1.807) is 0 Å². The van der Waals surface area contributed by atoms with Crippen molar-refractivity contribution in [2.45, 2.75) is 187 Å². The summed E-state index contributed by atoms with van der Waals surface area (Å²) in [5, 5.41) is 0. The van der Waals surface area contributed by atoms with Crippen LogP contribution >= 0.6 is 12.4 Å². The number of unbranched alkanes of at least 4 members (excludes halogenated alkanes) is 22. The lowest BCUT2D eigenvalue weighted by Gasteiger charge is -2.11. The maximum Gasteiger partial charge on any atom is 0.322 e. The summed E-state index contributed by atoms with van der Waals surface area (Å²) in [5.41, 5.74) is 5.90. The van der Waals surface area contributed by atoms with E-state index in [4.69, 9.17) is 15.2 Å². The van der Waals surface area contributed by atoms with Crippen LogP contribution in [0, 0.1) is 0 Å². The Bertz CT molecular complexity index is 518. The topological polar surface area (TPSA) is 78.6 Å². The minimum atomic E-state index is -0.744. The maximum absolute atomic E-state index is 12.0. The van der Waals surface area contributed by atoms with Crippen molar-refractivity contribution < 1.29 is 19.1 Å². The third-order valence-corrected chi connectivity index (χ3v) is 7.47. The number of halogens is 1. The molecule has 0 spiro atoms. The van der Waals surface area contributed by atoms with Crippen LogP contribution in [-0.4, -0.2) is 31.2 Å². The standard InChI is InChI=1S/C33H65NO4.ClH/c1-3-5-7-9-11-13-15-17-19-21-23-25-29-37-32(35)28-27-31(34)33(36)38-30-26-24-22-20-18-16-14-12-10-8-6-4-2;/h31H,3-30,34H2,1-2H3;1H/t31-;/m0./s1. The van der Waals surface area contributed by atoms with E-state index in [0.29, 0.717) is 13.2 Å². The quantitative estimate of drug-likeness (QED) is 0.0680. The van der Waals surface area contributed by atoms with Gasteiger partial charge in [-0.25, -0.2) is 0 Å². The molecule has 0 aromatic rings. The molecule has 0 unspecified atom stereocenters. The van der Waals surface area contributed by atoms with Crippen molar-refractivity contribution >= 4 is 24.3 Å². The van der Waals surface area contributed by atoms with Gasteiger partial charge in [0.25, 0.3) is 0 Å². The highest BCUT2D eigenvalue weighted by molar-refractivity contribution is 5.85. The summed E-state index contributed by atoms with van der Waals surface area (Å²) in [7, 11) is 0. The van der Waals surface area contributed by atoms with Crippen LogP contribution in [0.15, 0.2) is 0 Å². The monoisotopic (exact) mass is 575 g/mol. The fourth-order valence-electron chi connectivity index (χ4n) is 4.82. The second kappa shape index (κ2) is 33.4. The number of nitrogens with two attached hydrogens (primary N) is 1. The predicted molar refractivity (Wildman–Crippen MR) is 169 cm³/mol. The van der Waals surface area contributed by atoms with Crippen molar-refractivity contribution in [3.05, 3.63) is 0 Å². The molecule has 0 aromatic heterocycles. The van der Waals surface area contributed by atoms with E-state index < -0.39 is 12.0 Å². The molecule has 0 saturated carbocycles. The normalized spacial score (nSPS) is 11.7. The highest BCUT2D eigenvalue weighted by Gasteiger charge is 2.17. The van der Waals surface area contributed by atoms with Crippen molar-refractivity contribution in [2.75, 3.05) is 13.2 Å². The third kappa shape index (κ3) is 31.6. The summed E-state index contributed by atoms with van der Waals surface area (Å²) in [6.07, 6.45) is 31.2. The number of rotatable bonds is 30. The Morgan fingerprint density at radius 1 is 0.513 bits per heavy atom. The zero-order valence-corrected chi connectivity index (χ0v) is 26.8. The van der Waals surface area contributed by atoms with Crippen LogP contribution in [0.4, 0.5) is 0 Å². The summed E-state index contributed by atoms with van der Waals surface area (Å²) in [6.45, 7) is 5.41. The molecular formula is C33H66ClNO4. The van der Waals surface area contributed by atoms with Crippen LogP contribution in [-0.2, 0) is 19.1 Å². The first-order valence-electron chi connectivity index (χ1n) is 16.7. The minimum Gasteiger partial charge on any atom is -0.466 e. The van der Waals surface area contributed by atoms with Gasteiger partial charge in [-0.3, -0.25) is 9.59 Å². The average molecular weight is 576 g/mol. The Balaban J connectivity index is 0. The summed E-state index contributed by atoms with van der Waals surface area (Å²) >= 11 is 0. The van der Waals surface area contributed by atoms with E-state index in [1.165, 1.54) is 128 Å². The lowest BCUT2D eigenvalue weighted by Crippen LogP contribution is -2.33. The van der Waals surface area contributed by atoms with E-state index in [9.17, 15) is 9.59 Å². The average Bonchev–Trinajstić information content (AvgIpc) is 2.92. The smallest absolute Gasteiger partial charge is 0.322 e. The molecule has 1 atom stereocenters. The van der Waals surface area contributed by atoms with Gasteiger partial charge < -0.3 is 15.2 Å². The number of hydrogen-bond acceptors (Lipinski definition) is 5. The van der Waals surface area contributed by atoms with Crippen LogP contribution < -0.4 is 5.73 Å². The van der Waals surface area contributed by atoms with Gasteiger partial charge in [0.2, 0.25) is 0 Å². The van der Waals surface area contributed by atoms with Crippen LogP contribution in [0.5, 0.6) is 0 Å². The molecule has 0 rings (SSSR count). The molecule has 0 aromatic carbocycles. The number of ether oxygens (including phenoxy) is 2. The first-order chi connectivity index (χ1) is 18.6. The van der Waals surface area contributed by atoms with Crippen LogP contribution in [0.3, 0.4) is 0 Å². The highest BCUT2D eigenvalue weighted by atomic mass is 35.5. The Kier molecular flexibility index (Phi) is 34.5. The minimum absolute atomic E-state index is 0. The summed E-state index contributed by atoms with van der Waals surface area (Å²) in [4.78, 5) is 24.0. The van der Waals surface area contributed by atoms with E-state index in [-0.39, 0.29) is 31.2 Å². The number of carbonyl (C=O) groups excluding carboxylic acids is 2. The summed E-state index contributed by atoms with van der Waals surface area (Å²) in [5.74, 6) is -0.667. The van der Waals surface area contributed by atoms with Crippen molar-refractivity contribution in [1.82, 2.24) is 0 Å². The van der Waals surface area contributed by atoms with Gasteiger partial charge >= 0.3 is 11.9 Å². The first kappa shape index (κ1) is 40.3. The summed E-state index contributed by atoms with van der Waals surface area (Å²) < 4.78 is 10.6. The third-order valence-electron chi connectivity index (χ3n) is 7.47. The van der Waals surface area contributed by atoms with Crippen molar-refractivity contribution in [3.8, 4) is 0 Å². The maximum atomic E-state index is 12.0. The van der Waals surface area contributed by atoms with Gasteiger partial charge in [0.15, 0.2) is 0 Å². The lowest BCUT2D eigenvalue weighted by molar-refractivity contribution is -0.146.